The highest BCUT2D eigenvalue weighted by atomic mass is 16.3. The maximum atomic E-state index is 14.4. The fourth-order valence-electron chi connectivity index (χ4n) is 8.01. The van der Waals surface area contributed by atoms with Crippen LogP contribution in [0.25, 0.3) is 0 Å². The summed E-state index contributed by atoms with van der Waals surface area (Å²) in [6.07, 6.45) is -0.107. The van der Waals surface area contributed by atoms with Gasteiger partial charge < -0.3 is 15.3 Å². The van der Waals surface area contributed by atoms with Gasteiger partial charge in [-0.25, -0.2) is 0 Å². The van der Waals surface area contributed by atoms with Crippen LogP contribution in [0.1, 0.15) is 104 Å². The predicted octanol–water partition coefficient (Wildman–Crippen LogP) is 5.48. The van der Waals surface area contributed by atoms with E-state index < -0.39 is 51.1 Å². The van der Waals surface area contributed by atoms with Crippen molar-refractivity contribution >= 4 is 28.9 Å². The predicted molar refractivity (Wildman–Crippen MR) is 163 cm³/mol. The minimum Gasteiger partial charge on any atom is -0.508 e. The van der Waals surface area contributed by atoms with E-state index in [2.05, 4.69) is 0 Å². The first kappa shape index (κ1) is 31.3. The number of benzene rings is 2. The summed E-state index contributed by atoms with van der Waals surface area (Å²) >= 11 is 0. The highest BCUT2D eigenvalue weighted by Crippen LogP contribution is 2.62. The third-order valence-electron chi connectivity index (χ3n) is 9.83. The number of phenols is 1. The molecule has 0 heterocycles. The van der Waals surface area contributed by atoms with Gasteiger partial charge >= 0.3 is 0 Å². The molecule has 0 aliphatic heterocycles. The molecule has 230 valence electrons. The van der Waals surface area contributed by atoms with E-state index in [-0.39, 0.29) is 66.1 Å². The van der Waals surface area contributed by atoms with Crippen LogP contribution in [0.2, 0.25) is 0 Å². The summed E-state index contributed by atoms with van der Waals surface area (Å²) < 4.78 is 0. The normalized spacial score (nSPS) is 26.4. The Balaban J connectivity index is 1.62. The summed E-state index contributed by atoms with van der Waals surface area (Å²) in [5.41, 5.74) is -2.70. The van der Waals surface area contributed by atoms with Gasteiger partial charge in [0.15, 0.2) is 23.0 Å². The van der Waals surface area contributed by atoms with Gasteiger partial charge in [-0.05, 0) is 50.2 Å². The molecule has 3 aliphatic carbocycles. The van der Waals surface area contributed by atoms with Crippen LogP contribution >= 0.6 is 0 Å². The van der Waals surface area contributed by atoms with Crippen molar-refractivity contribution in [3.8, 4) is 5.75 Å². The van der Waals surface area contributed by atoms with Gasteiger partial charge in [0.1, 0.15) is 17.3 Å². The van der Waals surface area contributed by atoms with E-state index in [1.54, 1.807) is 50.2 Å². The molecule has 44 heavy (non-hydrogen) atoms. The first-order valence-electron chi connectivity index (χ1n) is 14.9. The fraction of sp³-hybridized carbons (Fsp3) is 0.417. The molecule has 2 aromatic carbocycles. The number of ketones is 5. The quantitative estimate of drug-likeness (QED) is 0.216. The second kappa shape index (κ2) is 10.5. The number of aliphatic hydroxyl groups excluding tert-OH is 1. The van der Waals surface area contributed by atoms with E-state index in [1.165, 1.54) is 6.92 Å². The summed E-state index contributed by atoms with van der Waals surface area (Å²) in [6, 6.07) is 10.1. The van der Waals surface area contributed by atoms with Crippen molar-refractivity contribution in [2.24, 2.45) is 10.8 Å². The zero-order chi connectivity index (χ0) is 32.5. The molecule has 0 amide bonds. The number of hydrogen-bond acceptors (Lipinski definition) is 8. The number of fused-ring (bicyclic) bond motifs is 3. The summed E-state index contributed by atoms with van der Waals surface area (Å²) in [4.78, 5) is 66.1. The average Bonchev–Trinajstić information content (AvgIpc) is 2.92. The number of phenolic OH excluding ortho intramolecular Hbond substituents is 1. The summed E-state index contributed by atoms with van der Waals surface area (Å²) in [5.74, 6) is -4.31. The molecular weight excluding hydrogens is 560 g/mol. The van der Waals surface area contributed by atoms with E-state index in [9.17, 15) is 39.3 Å². The van der Waals surface area contributed by atoms with Gasteiger partial charge in [-0.15, -0.1) is 0 Å². The van der Waals surface area contributed by atoms with Crippen LogP contribution in [0.4, 0.5) is 0 Å². The lowest BCUT2D eigenvalue weighted by Gasteiger charge is -2.56. The molecule has 8 heteroatoms. The fourth-order valence-corrected chi connectivity index (χ4v) is 8.01. The molecule has 0 fully saturated rings. The smallest absolute Gasteiger partial charge is 0.206 e. The Bertz CT molecular complexity index is 1730. The standard InChI is InChI=1S/C36H38O8/c1-18(2)24-13-22(12-23(38)14-26(39)21-10-8-7-9-11-21)30(40)28-25(24)16-34(5)17-35(6)15-19(3)27(20(4)37)32(42)36(35,44)33(43)29(34)31(28)41/h7-11,13,18,40,43-44H,12,14-17H2,1-6H3/t34-,35+,36+/m1/s1. The molecule has 3 atom stereocenters. The Morgan fingerprint density at radius 2 is 1.64 bits per heavy atom. The number of hydrogen-bond donors (Lipinski definition) is 3. The molecule has 0 saturated carbocycles. The minimum absolute atomic E-state index is 0.0820. The molecular formula is C36H38O8. The molecule has 2 aromatic rings. The van der Waals surface area contributed by atoms with Crippen molar-refractivity contribution in [3.05, 3.63) is 86.7 Å². The van der Waals surface area contributed by atoms with Crippen LogP contribution in [0.5, 0.6) is 5.75 Å². The van der Waals surface area contributed by atoms with Gasteiger partial charge in [0.25, 0.3) is 0 Å². The molecule has 0 unspecified atom stereocenters. The maximum absolute atomic E-state index is 14.4. The lowest BCUT2D eigenvalue weighted by Crippen LogP contribution is -2.63. The summed E-state index contributed by atoms with van der Waals surface area (Å²) in [6.45, 7) is 10.3. The minimum atomic E-state index is -2.50. The topological polar surface area (TPSA) is 146 Å². The molecule has 3 aliphatic rings. The van der Waals surface area contributed by atoms with Crippen LogP contribution in [-0.4, -0.2) is 49.8 Å². The van der Waals surface area contributed by atoms with E-state index in [4.69, 9.17) is 0 Å². The Morgan fingerprint density at radius 1 is 1.00 bits per heavy atom. The SMILES string of the molecule is CC(=O)C1=C(C)C[C@@]2(C)C[C@@]3(C)Cc4c(C(C)C)cc(CC(=O)CC(=O)c5ccccc5)c(O)c4C(=O)C3=C(O)[C@@]2(O)C1=O. The average molecular weight is 599 g/mol. The first-order chi connectivity index (χ1) is 20.5. The third-order valence-corrected chi connectivity index (χ3v) is 9.83. The van der Waals surface area contributed by atoms with Crippen molar-refractivity contribution in [3.63, 3.8) is 0 Å². The Labute approximate surface area is 256 Å². The monoisotopic (exact) mass is 598 g/mol. The molecule has 5 rings (SSSR count). The zero-order valence-corrected chi connectivity index (χ0v) is 26.0. The Kier molecular flexibility index (Phi) is 7.44. The first-order valence-corrected chi connectivity index (χ1v) is 14.9. The highest BCUT2D eigenvalue weighted by Gasteiger charge is 2.67. The van der Waals surface area contributed by atoms with Crippen LogP contribution in [-0.2, 0) is 27.2 Å². The van der Waals surface area contributed by atoms with Crippen LogP contribution < -0.4 is 0 Å². The number of rotatable bonds is 7. The molecule has 0 radical (unpaired) electrons. The molecule has 8 nitrogen and oxygen atoms in total. The van der Waals surface area contributed by atoms with E-state index in [0.717, 1.165) is 5.56 Å². The number of carbonyl (C=O) groups excluding carboxylic acids is 5. The van der Waals surface area contributed by atoms with Gasteiger partial charge in [-0.1, -0.05) is 69.7 Å². The summed E-state index contributed by atoms with van der Waals surface area (Å²) in [7, 11) is 0. The van der Waals surface area contributed by atoms with Crippen LogP contribution in [0, 0.1) is 10.8 Å². The van der Waals surface area contributed by atoms with E-state index in [0.29, 0.717) is 16.7 Å². The van der Waals surface area contributed by atoms with Crippen molar-refractivity contribution in [1.29, 1.82) is 0 Å². The van der Waals surface area contributed by atoms with Crippen molar-refractivity contribution in [1.82, 2.24) is 0 Å². The molecule has 0 saturated heterocycles. The molecule has 0 aromatic heterocycles. The van der Waals surface area contributed by atoms with Gasteiger partial charge in [-0.2, -0.15) is 0 Å². The van der Waals surface area contributed by atoms with Crippen molar-refractivity contribution in [2.45, 2.75) is 85.2 Å². The number of allylic oxidation sites excluding steroid dienone is 2. The maximum Gasteiger partial charge on any atom is 0.206 e. The number of aliphatic hydroxyl groups is 2. The van der Waals surface area contributed by atoms with Crippen molar-refractivity contribution in [2.75, 3.05) is 0 Å². The lowest BCUT2D eigenvalue weighted by atomic mass is 9.47. The van der Waals surface area contributed by atoms with Gasteiger partial charge in [-0.3, -0.25) is 24.0 Å². The second-order valence-electron chi connectivity index (χ2n) is 13.6. The second-order valence-corrected chi connectivity index (χ2v) is 13.6. The lowest BCUT2D eigenvalue weighted by molar-refractivity contribution is -0.157. The molecule has 3 N–H and O–H groups in total. The zero-order valence-electron chi connectivity index (χ0n) is 26.0. The molecule has 0 bridgehead atoms. The number of Topliss-reactive ketones (excluding diaryl/α,β-unsaturated/α-hetero) is 5. The van der Waals surface area contributed by atoms with E-state index >= 15 is 0 Å². The molecule has 0 spiro atoms. The Morgan fingerprint density at radius 3 is 2.23 bits per heavy atom. The van der Waals surface area contributed by atoms with Gasteiger partial charge in [0.05, 0.1) is 17.6 Å². The van der Waals surface area contributed by atoms with Gasteiger partial charge in [0.2, 0.25) is 5.78 Å². The van der Waals surface area contributed by atoms with E-state index in [1.807, 2.05) is 20.8 Å². The number of carbonyl (C=O) groups is 5. The number of aromatic hydroxyl groups is 1. The van der Waals surface area contributed by atoms with Gasteiger partial charge in [0, 0.05) is 34.0 Å². The highest BCUT2D eigenvalue weighted by molar-refractivity contribution is 6.25. The van der Waals surface area contributed by atoms with Crippen molar-refractivity contribution < 1.29 is 39.3 Å². The Hall–Kier alpha value is -4.17. The van der Waals surface area contributed by atoms with Crippen LogP contribution in [0.3, 0.4) is 0 Å². The summed E-state index contributed by atoms with van der Waals surface area (Å²) in [5, 5.41) is 35.2. The third kappa shape index (κ3) is 4.50. The van der Waals surface area contributed by atoms with Crippen LogP contribution in [0.15, 0.2) is 58.9 Å². The largest absolute Gasteiger partial charge is 0.508 e.